The van der Waals surface area contributed by atoms with Crippen LogP contribution in [-0.4, -0.2) is 9.97 Å². The zero-order valence-corrected chi connectivity index (χ0v) is 13.4. The Labute approximate surface area is 125 Å². The number of nitrogens with zero attached hydrogens (tertiary/aromatic N) is 1. The number of hydrogen-bond donors (Lipinski definition) is 1. The second kappa shape index (κ2) is 5.13. The molecule has 0 bridgehead atoms. The minimum atomic E-state index is -0.345. The SMILES string of the molecule is Cc1cc(F)cc(-c2nc(C(C)(C)C)c(Br)c(=O)[nH]2)c1. The lowest BCUT2D eigenvalue weighted by Crippen LogP contribution is -2.22. The molecule has 0 amide bonds. The third-order valence-corrected chi connectivity index (χ3v) is 3.62. The average molecular weight is 339 g/mol. The number of aromatic amines is 1. The standard InChI is InChI=1S/C15H16BrFN2O/c1-8-5-9(7-10(17)6-8)13-18-12(15(2,3)4)11(16)14(20)19-13/h5-7H,1-4H3,(H,18,19,20). The number of halogens is 2. The topological polar surface area (TPSA) is 45.8 Å². The maximum atomic E-state index is 13.5. The van der Waals surface area contributed by atoms with Crippen molar-refractivity contribution in [1.82, 2.24) is 9.97 Å². The van der Waals surface area contributed by atoms with Gasteiger partial charge in [0.2, 0.25) is 0 Å². The Hall–Kier alpha value is -1.49. The van der Waals surface area contributed by atoms with E-state index in [0.717, 1.165) is 5.56 Å². The monoisotopic (exact) mass is 338 g/mol. The maximum Gasteiger partial charge on any atom is 0.265 e. The highest BCUT2D eigenvalue weighted by Crippen LogP contribution is 2.27. The van der Waals surface area contributed by atoms with Crippen LogP contribution in [0.25, 0.3) is 11.4 Å². The largest absolute Gasteiger partial charge is 0.306 e. The molecule has 0 aliphatic carbocycles. The van der Waals surface area contributed by atoms with Crippen molar-refractivity contribution in [2.75, 3.05) is 0 Å². The first-order chi connectivity index (χ1) is 9.18. The second-order valence-corrected chi connectivity index (χ2v) is 6.64. The van der Waals surface area contributed by atoms with E-state index in [0.29, 0.717) is 21.6 Å². The molecule has 2 aromatic rings. The lowest BCUT2D eigenvalue weighted by molar-refractivity contribution is 0.562. The summed E-state index contributed by atoms with van der Waals surface area (Å²) in [4.78, 5) is 19.2. The van der Waals surface area contributed by atoms with Crippen molar-refractivity contribution in [3.8, 4) is 11.4 Å². The van der Waals surface area contributed by atoms with Gasteiger partial charge in [-0.25, -0.2) is 9.37 Å². The number of nitrogens with one attached hydrogen (secondary N) is 1. The summed E-state index contributed by atoms with van der Waals surface area (Å²) in [5.41, 5.74) is 1.45. The zero-order chi connectivity index (χ0) is 15.1. The molecule has 0 saturated heterocycles. The summed E-state index contributed by atoms with van der Waals surface area (Å²) in [6, 6.07) is 4.60. The molecule has 0 atom stereocenters. The first-order valence-corrected chi connectivity index (χ1v) is 7.05. The summed E-state index contributed by atoms with van der Waals surface area (Å²) in [6.45, 7) is 7.72. The van der Waals surface area contributed by atoms with Crippen molar-refractivity contribution in [2.45, 2.75) is 33.1 Å². The van der Waals surface area contributed by atoms with E-state index < -0.39 is 0 Å². The molecule has 1 aromatic heterocycles. The molecular weight excluding hydrogens is 323 g/mol. The Balaban J connectivity index is 2.70. The van der Waals surface area contributed by atoms with E-state index in [1.165, 1.54) is 12.1 Å². The molecule has 0 radical (unpaired) electrons. The quantitative estimate of drug-likeness (QED) is 0.855. The Kier molecular flexibility index (Phi) is 3.82. The molecule has 1 aromatic carbocycles. The number of benzene rings is 1. The number of H-pyrrole nitrogens is 1. The molecule has 0 aliphatic rings. The van der Waals surface area contributed by atoms with Gasteiger partial charge in [-0.3, -0.25) is 4.79 Å². The van der Waals surface area contributed by atoms with Crippen LogP contribution in [0.1, 0.15) is 32.0 Å². The Morgan fingerprint density at radius 3 is 2.45 bits per heavy atom. The summed E-state index contributed by atoms with van der Waals surface area (Å²) in [5.74, 6) is 0.0357. The summed E-state index contributed by atoms with van der Waals surface area (Å²) in [6.07, 6.45) is 0. The first-order valence-electron chi connectivity index (χ1n) is 6.26. The molecule has 0 unspecified atom stereocenters. The zero-order valence-electron chi connectivity index (χ0n) is 11.8. The van der Waals surface area contributed by atoms with Crippen LogP contribution in [0.5, 0.6) is 0 Å². The van der Waals surface area contributed by atoms with Crippen molar-refractivity contribution < 1.29 is 4.39 Å². The molecule has 5 heteroatoms. The summed E-state index contributed by atoms with van der Waals surface area (Å²) < 4.78 is 13.9. The second-order valence-electron chi connectivity index (χ2n) is 5.84. The van der Waals surface area contributed by atoms with Crippen LogP contribution in [0.15, 0.2) is 27.5 Å². The highest BCUT2D eigenvalue weighted by Gasteiger charge is 2.22. The third-order valence-electron chi connectivity index (χ3n) is 2.89. The van der Waals surface area contributed by atoms with Crippen molar-refractivity contribution >= 4 is 15.9 Å². The van der Waals surface area contributed by atoms with E-state index in [1.807, 2.05) is 20.8 Å². The normalized spacial score (nSPS) is 11.7. The number of aromatic nitrogens is 2. The van der Waals surface area contributed by atoms with Crippen LogP contribution in [0.3, 0.4) is 0 Å². The van der Waals surface area contributed by atoms with Gasteiger partial charge < -0.3 is 4.98 Å². The fraction of sp³-hybridized carbons (Fsp3) is 0.333. The van der Waals surface area contributed by atoms with Gasteiger partial charge >= 0.3 is 0 Å². The van der Waals surface area contributed by atoms with Crippen LogP contribution in [0, 0.1) is 12.7 Å². The molecular formula is C15H16BrFN2O. The lowest BCUT2D eigenvalue weighted by atomic mass is 9.92. The molecule has 0 aliphatic heterocycles. The van der Waals surface area contributed by atoms with E-state index in [4.69, 9.17) is 0 Å². The molecule has 2 rings (SSSR count). The number of hydrogen-bond acceptors (Lipinski definition) is 2. The fourth-order valence-electron chi connectivity index (χ4n) is 1.97. The number of aryl methyl sites for hydroxylation is 1. The van der Waals surface area contributed by atoms with Gasteiger partial charge in [-0.1, -0.05) is 20.8 Å². The Bertz CT molecular complexity index is 697. The van der Waals surface area contributed by atoms with E-state index in [-0.39, 0.29) is 16.8 Å². The smallest absolute Gasteiger partial charge is 0.265 e. The average Bonchev–Trinajstić information content (AvgIpc) is 2.29. The Morgan fingerprint density at radius 2 is 1.90 bits per heavy atom. The maximum absolute atomic E-state index is 13.5. The van der Waals surface area contributed by atoms with Gasteiger partial charge in [0.1, 0.15) is 16.1 Å². The predicted molar refractivity (Wildman–Crippen MR) is 81.4 cm³/mol. The van der Waals surface area contributed by atoms with Crippen molar-refractivity contribution in [1.29, 1.82) is 0 Å². The molecule has 20 heavy (non-hydrogen) atoms. The first kappa shape index (κ1) is 14.9. The molecule has 0 fully saturated rings. The molecule has 3 nitrogen and oxygen atoms in total. The third kappa shape index (κ3) is 2.98. The van der Waals surface area contributed by atoms with Gasteiger partial charge in [0.25, 0.3) is 5.56 Å². The molecule has 0 saturated carbocycles. The van der Waals surface area contributed by atoms with Gasteiger partial charge in [0.15, 0.2) is 0 Å². The van der Waals surface area contributed by atoms with E-state index in [1.54, 1.807) is 13.0 Å². The van der Waals surface area contributed by atoms with E-state index in [2.05, 4.69) is 25.9 Å². The summed E-state index contributed by atoms with van der Waals surface area (Å²) >= 11 is 3.27. The van der Waals surface area contributed by atoms with Crippen molar-refractivity contribution in [3.63, 3.8) is 0 Å². The van der Waals surface area contributed by atoms with E-state index >= 15 is 0 Å². The summed E-state index contributed by atoms with van der Waals surface area (Å²) in [5, 5.41) is 0. The van der Waals surface area contributed by atoms with Gasteiger partial charge in [-0.05, 0) is 46.6 Å². The minimum absolute atomic E-state index is 0.262. The van der Waals surface area contributed by atoms with Gasteiger partial charge in [-0.2, -0.15) is 0 Å². The van der Waals surface area contributed by atoms with Crippen LogP contribution < -0.4 is 5.56 Å². The molecule has 0 spiro atoms. The van der Waals surface area contributed by atoms with Crippen LogP contribution in [0.4, 0.5) is 4.39 Å². The van der Waals surface area contributed by atoms with Gasteiger partial charge in [0, 0.05) is 11.0 Å². The van der Waals surface area contributed by atoms with Crippen LogP contribution in [0.2, 0.25) is 0 Å². The minimum Gasteiger partial charge on any atom is -0.306 e. The van der Waals surface area contributed by atoms with Gasteiger partial charge in [-0.15, -0.1) is 0 Å². The summed E-state index contributed by atoms with van der Waals surface area (Å²) in [7, 11) is 0. The fourth-order valence-corrected chi connectivity index (χ4v) is 2.75. The molecule has 1 N–H and O–H groups in total. The van der Waals surface area contributed by atoms with E-state index in [9.17, 15) is 9.18 Å². The van der Waals surface area contributed by atoms with Crippen molar-refractivity contribution in [3.05, 3.63) is 50.1 Å². The lowest BCUT2D eigenvalue weighted by Gasteiger charge is -2.19. The Morgan fingerprint density at radius 1 is 1.25 bits per heavy atom. The highest BCUT2D eigenvalue weighted by atomic mass is 79.9. The highest BCUT2D eigenvalue weighted by molar-refractivity contribution is 9.10. The number of rotatable bonds is 1. The van der Waals surface area contributed by atoms with Crippen LogP contribution in [-0.2, 0) is 5.41 Å². The predicted octanol–water partition coefficient (Wildman–Crippen LogP) is 3.94. The molecule has 1 heterocycles. The molecule has 106 valence electrons. The van der Waals surface area contributed by atoms with Crippen molar-refractivity contribution in [2.24, 2.45) is 0 Å². The van der Waals surface area contributed by atoms with Gasteiger partial charge in [0.05, 0.1) is 5.69 Å². The van der Waals surface area contributed by atoms with Crippen LogP contribution >= 0.6 is 15.9 Å².